The monoisotopic (exact) mass is 273 g/mol. The van der Waals surface area contributed by atoms with Crippen LogP contribution < -0.4 is 11.5 Å². The number of aromatic nitrogens is 2. The third-order valence-electron chi connectivity index (χ3n) is 3.36. The van der Waals surface area contributed by atoms with Crippen LogP contribution in [0.2, 0.25) is 0 Å². The maximum Gasteiger partial charge on any atom is 0.442 e. The minimum atomic E-state index is -0.671. The van der Waals surface area contributed by atoms with E-state index >= 15 is 0 Å². The van der Waals surface area contributed by atoms with Crippen molar-refractivity contribution in [3.63, 3.8) is 0 Å². The molecular formula is C12H11N5O3. The lowest BCUT2D eigenvalue weighted by molar-refractivity contribution is 0.319. The molecule has 1 aliphatic carbocycles. The predicted molar refractivity (Wildman–Crippen MR) is 69.3 cm³/mol. The van der Waals surface area contributed by atoms with Gasteiger partial charge in [0.25, 0.3) is 0 Å². The summed E-state index contributed by atoms with van der Waals surface area (Å²) in [7, 11) is 0. The van der Waals surface area contributed by atoms with Crippen molar-refractivity contribution in [2.75, 3.05) is 0 Å². The molecular weight excluding hydrogens is 262 g/mol. The Morgan fingerprint density at radius 1 is 1.55 bits per heavy atom. The van der Waals surface area contributed by atoms with Crippen molar-refractivity contribution < 1.29 is 9.73 Å². The van der Waals surface area contributed by atoms with Gasteiger partial charge in [-0.1, -0.05) is 34.6 Å². The molecule has 0 amide bonds. The molecule has 1 heterocycles. The molecule has 20 heavy (non-hydrogen) atoms. The fraction of sp³-hybridized carbons (Fsp3) is 0.167. The Kier molecular flexibility index (Phi) is 2.63. The smallest absolute Gasteiger partial charge is 0.409 e. The van der Waals surface area contributed by atoms with Gasteiger partial charge in [0.2, 0.25) is 5.82 Å². The van der Waals surface area contributed by atoms with E-state index in [1.165, 1.54) is 4.57 Å². The first-order valence-corrected chi connectivity index (χ1v) is 5.86. The Morgan fingerprint density at radius 2 is 2.30 bits per heavy atom. The van der Waals surface area contributed by atoms with Crippen LogP contribution in [-0.2, 0) is 6.42 Å². The first kappa shape index (κ1) is 12.2. The highest BCUT2D eigenvalue weighted by Gasteiger charge is 2.33. The fourth-order valence-electron chi connectivity index (χ4n) is 2.32. The maximum atomic E-state index is 11.8. The molecule has 0 saturated heterocycles. The zero-order chi connectivity index (χ0) is 14.3. The molecule has 102 valence electrons. The van der Waals surface area contributed by atoms with E-state index in [0.29, 0.717) is 6.42 Å². The summed E-state index contributed by atoms with van der Waals surface area (Å²) in [5, 5.41) is 22.7. The maximum absolute atomic E-state index is 11.8. The molecule has 8 nitrogen and oxygen atoms in total. The Hall–Kier alpha value is -2.90. The molecule has 2 aromatic rings. The van der Waals surface area contributed by atoms with Crippen LogP contribution in [0, 0.1) is 5.41 Å². The van der Waals surface area contributed by atoms with Gasteiger partial charge in [0.15, 0.2) is 5.84 Å². The molecule has 0 saturated carbocycles. The van der Waals surface area contributed by atoms with Gasteiger partial charge in [-0.2, -0.15) is 0 Å². The Labute approximate surface area is 112 Å². The number of nitrogens with one attached hydrogen (secondary N) is 1. The normalized spacial score (nSPS) is 17.4. The first-order valence-electron chi connectivity index (χ1n) is 5.86. The third kappa shape index (κ3) is 1.62. The van der Waals surface area contributed by atoms with Gasteiger partial charge >= 0.3 is 5.76 Å². The Morgan fingerprint density at radius 3 is 3.00 bits per heavy atom. The van der Waals surface area contributed by atoms with Crippen LogP contribution in [0.5, 0.6) is 0 Å². The lowest BCUT2D eigenvalue weighted by Crippen LogP contribution is -2.35. The number of oxime groups is 1. The predicted octanol–water partition coefficient (Wildman–Crippen LogP) is 0.0961. The van der Waals surface area contributed by atoms with Crippen LogP contribution in [0.4, 0.5) is 0 Å². The first-order chi connectivity index (χ1) is 9.63. The molecule has 1 atom stereocenters. The van der Waals surface area contributed by atoms with Gasteiger partial charge in [-0.25, -0.2) is 9.36 Å². The third-order valence-corrected chi connectivity index (χ3v) is 3.36. The minimum Gasteiger partial charge on any atom is -0.409 e. The van der Waals surface area contributed by atoms with Crippen molar-refractivity contribution in [2.24, 2.45) is 10.9 Å². The van der Waals surface area contributed by atoms with Gasteiger partial charge in [-0.3, -0.25) is 9.93 Å². The van der Waals surface area contributed by atoms with Gasteiger partial charge in [0, 0.05) is 0 Å². The lowest BCUT2D eigenvalue weighted by Gasteiger charge is -2.30. The van der Waals surface area contributed by atoms with Gasteiger partial charge in [0.1, 0.15) is 5.71 Å². The molecule has 0 aliphatic heterocycles. The molecule has 0 spiro atoms. The van der Waals surface area contributed by atoms with E-state index in [1.807, 2.05) is 24.3 Å². The summed E-state index contributed by atoms with van der Waals surface area (Å²) < 4.78 is 5.86. The van der Waals surface area contributed by atoms with E-state index in [-0.39, 0.29) is 17.6 Å². The second-order valence-corrected chi connectivity index (χ2v) is 4.42. The van der Waals surface area contributed by atoms with E-state index in [0.717, 1.165) is 11.1 Å². The number of nitrogens with two attached hydrogens (primary N) is 1. The van der Waals surface area contributed by atoms with E-state index in [2.05, 4.69) is 14.8 Å². The summed E-state index contributed by atoms with van der Waals surface area (Å²) in [4.78, 5) is 11.8. The average molecular weight is 273 g/mol. The number of hydrogen-bond acceptors (Lipinski definition) is 6. The van der Waals surface area contributed by atoms with Crippen molar-refractivity contribution in [1.82, 2.24) is 9.72 Å². The van der Waals surface area contributed by atoms with E-state index in [4.69, 9.17) is 16.4 Å². The van der Waals surface area contributed by atoms with Crippen molar-refractivity contribution in [2.45, 2.75) is 12.5 Å². The number of rotatable bonds is 3. The molecule has 3 rings (SSSR count). The quantitative estimate of drug-likeness (QED) is 0.316. The molecule has 0 radical (unpaired) electrons. The second-order valence-electron chi connectivity index (χ2n) is 4.42. The van der Waals surface area contributed by atoms with Gasteiger partial charge in [0.05, 0.1) is 6.04 Å². The van der Waals surface area contributed by atoms with Crippen LogP contribution in [0.25, 0.3) is 0 Å². The summed E-state index contributed by atoms with van der Waals surface area (Å²) in [5.41, 5.74) is 7.11. The van der Waals surface area contributed by atoms with Crippen LogP contribution in [0.3, 0.4) is 0 Å². The van der Waals surface area contributed by atoms with E-state index in [9.17, 15) is 4.79 Å². The summed E-state index contributed by atoms with van der Waals surface area (Å²) in [6.45, 7) is 0. The number of fused-ring (bicyclic) bond motifs is 1. The van der Waals surface area contributed by atoms with Crippen LogP contribution in [-0.4, -0.2) is 26.5 Å². The van der Waals surface area contributed by atoms with Crippen LogP contribution >= 0.6 is 0 Å². The summed E-state index contributed by atoms with van der Waals surface area (Å²) >= 11 is 0. The molecule has 1 unspecified atom stereocenters. The summed E-state index contributed by atoms with van der Waals surface area (Å²) in [5.74, 6) is -1.15. The molecule has 0 bridgehead atoms. The number of hydrogen-bond donors (Lipinski definition) is 3. The molecule has 1 aromatic carbocycles. The largest absolute Gasteiger partial charge is 0.442 e. The highest BCUT2D eigenvalue weighted by atomic mass is 16.5. The Bertz CT molecular complexity index is 773. The zero-order valence-electron chi connectivity index (χ0n) is 10.3. The van der Waals surface area contributed by atoms with Crippen molar-refractivity contribution in [3.05, 3.63) is 51.8 Å². The van der Waals surface area contributed by atoms with E-state index < -0.39 is 11.6 Å². The topological polar surface area (TPSA) is 130 Å². The molecule has 1 aliphatic rings. The van der Waals surface area contributed by atoms with Crippen LogP contribution in [0.1, 0.15) is 23.0 Å². The molecule has 8 heteroatoms. The highest BCUT2D eigenvalue weighted by molar-refractivity contribution is 6.44. The summed E-state index contributed by atoms with van der Waals surface area (Å²) in [6.07, 6.45) is 0.647. The Balaban J connectivity index is 2.07. The van der Waals surface area contributed by atoms with Crippen molar-refractivity contribution in [3.8, 4) is 0 Å². The van der Waals surface area contributed by atoms with Crippen LogP contribution in [0.15, 0.2) is 38.7 Å². The second kappa shape index (κ2) is 4.34. The van der Waals surface area contributed by atoms with Crippen molar-refractivity contribution >= 4 is 11.5 Å². The van der Waals surface area contributed by atoms with Crippen molar-refractivity contribution in [1.29, 1.82) is 5.41 Å². The van der Waals surface area contributed by atoms with Gasteiger partial charge < -0.3 is 10.9 Å². The molecule has 1 aromatic heterocycles. The minimum absolute atomic E-state index is 0.0511. The SMILES string of the molecule is N=C(/C(N)=N\O)c1noc(=O)n1C1Cc2ccccc21. The fourth-order valence-corrected chi connectivity index (χ4v) is 2.32. The highest BCUT2D eigenvalue weighted by Crippen LogP contribution is 2.35. The number of nitrogens with zero attached hydrogens (tertiary/aromatic N) is 3. The standard InChI is InChI=1S/C12H11N5O3/c13-9(10(14)15-19)11-16-20-12(18)17(11)8-5-6-3-1-2-4-7(6)8/h1-4,8,13,19H,5H2,(H2,14,15). The van der Waals surface area contributed by atoms with Gasteiger partial charge in [-0.05, 0) is 17.5 Å². The molecule has 0 fully saturated rings. The van der Waals surface area contributed by atoms with E-state index in [1.54, 1.807) is 0 Å². The average Bonchev–Trinajstić information content (AvgIpc) is 2.80. The lowest BCUT2D eigenvalue weighted by atomic mass is 9.83. The number of amidine groups is 1. The summed E-state index contributed by atoms with van der Waals surface area (Å²) in [6, 6.07) is 7.42. The number of benzene rings is 1. The van der Waals surface area contributed by atoms with Gasteiger partial charge in [-0.15, -0.1) is 0 Å². The molecule has 4 N–H and O–H groups in total. The zero-order valence-corrected chi connectivity index (χ0v) is 10.3.